The van der Waals surface area contributed by atoms with Crippen LogP contribution < -0.4 is 15.1 Å². The van der Waals surface area contributed by atoms with E-state index < -0.39 is 17.1 Å². The number of rotatable bonds is 5. The van der Waals surface area contributed by atoms with E-state index in [0.717, 1.165) is 26.9 Å². The van der Waals surface area contributed by atoms with Crippen LogP contribution in [0.5, 0.6) is 0 Å². The van der Waals surface area contributed by atoms with Crippen LogP contribution in [0.2, 0.25) is 5.02 Å². The minimum absolute atomic E-state index is 0.213. The number of amides is 3. The highest BCUT2D eigenvalue weighted by Gasteiger charge is 2.56. The fourth-order valence-electron chi connectivity index (χ4n) is 5.11. The van der Waals surface area contributed by atoms with E-state index in [-0.39, 0.29) is 29.1 Å². The van der Waals surface area contributed by atoms with Gasteiger partial charge in [0.1, 0.15) is 11.8 Å². The molecule has 2 unspecified atom stereocenters. The molecule has 11 heteroatoms. The average Bonchev–Trinajstić information content (AvgIpc) is 3.37. The number of hydrogen-bond acceptors (Lipinski definition) is 6. The zero-order valence-corrected chi connectivity index (χ0v) is 24.9. The minimum atomic E-state index is -0.760. The van der Waals surface area contributed by atoms with Crippen LogP contribution >= 0.6 is 50.6 Å². The van der Waals surface area contributed by atoms with Gasteiger partial charge in [0.05, 0.1) is 16.6 Å². The maximum atomic E-state index is 13.9. The lowest BCUT2D eigenvalue weighted by molar-refractivity contribution is -0.122. The molecule has 40 heavy (non-hydrogen) atoms. The number of benzene rings is 3. The van der Waals surface area contributed by atoms with Crippen molar-refractivity contribution in [1.82, 2.24) is 4.57 Å². The Hall–Kier alpha value is -3.18. The molecule has 4 aromatic rings. The number of thioether (sulfide) groups is 1. The Morgan fingerprint density at radius 3 is 2.30 bits per heavy atom. The Morgan fingerprint density at radius 2 is 1.62 bits per heavy atom. The summed E-state index contributed by atoms with van der Waals surface area (Å²) in [5.74, 6) is -2.29. The number of aromatic nitrogens is 1. The summed E-state index contributed by atoms with van der Waals surface area (Å²) in [5.41, 5.74) is 2.95. The number of carbonyl (C=O) groups is 3. The summed E-state index contributed by atoms with van der Waals surface area (Å²) < 4.78 is 2.24. The van der Waals surface area contributed by atoms with E-state index in [2.05, 4.69) is 21.2 Å². The van der Waals surface area contributed by atoms with E-state index in [9.17, 15) is 19.2 Å². The maximum Gasteiger partial charge on any atom is 0.308 e. The molecule has 1 fully saturated rings. The first-order valence-corrected chi connectivity index (χ1v) is 15.2. The lowest BCUT2D eigenvalue weighted by atomic mass is 9.83. The SMILES string of the molecule is Cc1ccc(NC(=O)Cn2c3c(sc2=O)[C@@H](c2ccc(Cl)cc2)C2C(=O)N(c4ccc(Br)cc4)C(=O)C2S3)cc1. The Kier molecular flexibility index (Phi) is 7.20. The number of nitrogens with one attached hydrogen (secondary N) is 1. The number of imide groups is 1. The van der Waals surface area contributed by atoms with Crippen LogP contribution in [0, 0.1) is 12.8 Å². The number of aryl methyl sites for hydroxylation is 1. The van der Waals surface area contributed by atoms with Gasteiger partial charge >= 0.3 is 4.87 Å². The van der Waals surface area contributed by atoms with Gasteiger partial charge in [-0.3, -0.25) is 23.7 Å². The van der Waals surface area contributed by atoms with Gasteiger partial charge in [0, 0.05) is 26.0 Å². The van der Waals surface area contributed by atoms with E-state index in [0.29, 0.717) is 26.3 Å². The third-order valence-electron chi connectivity index (χ3n) is 7.00. The van der Waals surface area contributed by atoms with Gasteiger partial charge in [-0.2, -0.15) is 0 Å². The lowest BCUT2D eigenvalue weighted by Gasteiger charge is -2.30. The smallest absolute Gasteiger partial charge is 0.308 e. The van der Waals surface area contributed by atoms with Gasteiger partial charge in [-0.1, -0.05) is 80.5 Å². The third kappa shape index (κ3) is 4.83. The van der Waals surface area contributed by atoms with Crippen LogP contribution in [0.1, 0.15) is 21.9 Å². The predicted molar refractivity (Wildman–Crippen MR) is 161 cm³/mol. The van der Waals surface area contributed by atoms with Gasteiger partial charge in [-0.15, -0.1) is 0 Å². The van der Waals surface area contributed by atoms with E-state index in [1.54, 1.807) is 48.5 Å². The monoisotopic (exact) mass is 653 g/mol. The molecule has 3 aromatic carbocycles. The first-order valence-electron chi connectivity index (χ1n) is 12.4. The first kappa shape index (κ1) is 27.0. The molecule has 202 valence electrons. The van der Waals surface area contributed by atoms with Crippen molar-refractivity contribution in [3.8, 4) is 0 Å². The van der Waals surface area contributed by atoms with Gasteiger partial charge in [-0.25, -0.2) is 4.90 Å². The van der Waals surface area contributed by atoms with Crippen molar-refractivity contribution in [2.24, 2.45) is 5.92 Å². The van der Waals surface area contributed by atoms with Crippen molar-refractivity contribution in [2.45, 2.75) is 29.7 Å². The molecule has 0 aliphatic carbocycles. The maximum absolute atomic E-state index is 13.9. The quantitative estimate of drug-likeness (QED) is 0.264. The van der Waals surface area contributed by atoms with Crippen molar-refractivity contribution in [2.75, 3.05) is 10.2 Å². The van der Waals surface area contributed by atoms with Crippen LogP contribution in [-0.4, -0.2) is 27.5 Å². The van der Waals surface area contributed by atoms with Crippen molar-refractivity contribution >= 4 is 79.7 Å². The highest BCUT2D eigenvalue weighted by atomic mass is 79.9. The molecule has 3 heterocycles. The Morgan fingerprint density at radius 1 is 0.950 bits per heavy atom. The van der Waals surface area contributed by atoms with E-state index in [4.69, 9.17) is 11.6 Å². The summed E-state index contributed by atoms with van der Waals surface area (Å²) >= 11 is 11.8. The fraction of sp³-hybridized carbons (Fsp3) is 0.172. The molecule has 0 radical (unpaired) electrons. The van der Waals surface area contributed by atoms with Crippen LogP contribution in [0.4, 0.5) is 11.4 Å². The van der Waals surface area contributed by atoms with Crippen molar-refractivity contribution in [3.63, 3.8) is 0 Å². The second-order valence-corrected chi connectivity index (χ2v) is 13.1. The average molecular weight is 655 g/mol. The van der Waals surface area contributed by atoms with E-state index >= 15 is 0 Å². The second-order valence-electron chi connectivity index (χ2n) is 9.62. The number of fused-ring (bicyclic) bond motifs is 2. The Balaban J connectivity index is 1.40. The standard InChI is InChI=1S/C29H21BrClN3O4S2/c1-15-2-10-19(11-3-15)32-21(35)14-33-28-25(40-29(33)38)22(16-4-8-18(31)9-5-16)23-24(39-28)27(37)34(26(23)36)20-12-6-17(30)7-13-20/h2-13,22-24H,14H2,1H3,(H,32,35)/t22-,23?,24?/m0/s1. The highest BCUT2D eigenvalue weighted by Crippen LogP contribution is 2.54. The molecule has 3 atom stereocenters. The molecule has 1 saturated heterocycles. The number of anilines is 2. The first-order chi connectivity index (χ1) is 19.2. The molecule has 0 saturated carbocycles. The number of hydrogen-bond donors (Lipinski definition) is 1. The van der Waals surface area contributed by atoms with Gasteiger partial charge in [0.2, 0.25) is 17.7 Å². The minimum Gasteiger partial charge on any atom is -0.325 e. The molecule has 6 rings (SSSR count). The predicted octanol–water partition coefficient (Wildman–Crippen LogP) is 6.07. The fourth-order valence-corrected chi connectivity index (χ4v) is 8.27. The summed E-state index contributed by atoms with van der Waals surface area (Å²) in [7, 11) is 0. The number of nitrogens with zero attached hydrogens (tertiary/aromatic N) is 2. The summed E-state index contributed by atoms with van der Waals surface area (Å²) in [5, 5.41) is 3.15. The topological polar surface area (TPSA) is 88.5 Å². The Labute approximate surface area is 251 Å². The van der Waals surface area contributed by atoms with Crippen LogP contribution in [0.15, 0.2) is 87.1 Å². The summed E-state index contributed by atoms with van der Waals surface area (Å²) in [6.45, 7) is 1.74. The van der Waals surface area contributed by atoms with Gasteiger partial charge in [0.25, 0.3) is 0 Å². The zero-order chi connectivity index (χ0) is 28.1. The molecule has 3 amide bonds. The number of halogens is 2. The molecule has 1 N–H and O–H groups in total. The largest absolute Gasteiger partial charge is 0.325 e. The van der Waals surface area contributed by atoms with E-state index in [1.807, 2.05) is 31.2 Å². The molecular weight excluding hydrogens is 634 g/mol. The third-order valence-corrected chi connectivity index (χ3v) is 10.4. The molecule has 1 aromatic heterocycles. The van der Waals surface area contributed by atoms with Crippen molar-refractivity contribution < 1.29 is 14.4 Å². The Bertz CT molecular complexity index is 1700. The summed E-state index contributed by atoms with van der Waals surface area (Å²) in [4.78, 5) is 55.5. The van der Waals surface area contributed by atoms with Crippen molar-refractivity contribution in [3.05, 3.63) is 108 Å². The number of thiazole rings is 1. The zero-order valence-electron chi connectivity index (χ0n) is 21.0. The summed E-state index contributed by atoms with van der Waals surface area (Å²) in [6, 6.07) is 21.5. The van der Waals surface area contributed by atoms with Gasteiger partial charge in [-0.05, 0) is 61.0 Å². The van der Waals surface area contributed by atoms with Crippen LogP contribution in [0.25, 0.3) is 0 Å². The molecule has 7 nitrogen and oxygen atoms in total. The van der Waals surface area contributed by atoms with E-state index in [1.165, 1.54) is 21.2 Å². The summed E-state index contributed by atoms with van der Waals surface area (Å²) in [6.07, 6.45) is 0. The lowest BCUT2D eigenvalue weighted by Crippen LogP contribution is -2.33. The molecule has 2 aliphatic heterocycles. The molecular formula is C29H21BrClN3O4S2. The molecule has 0 bridgehead atoms. The van der Waals surface area contributed by atoms with Crippen LogP contribution in [0.3, 0.4) is 0 Å². The second kappa shape index (κ2) is 10.7. The van der Waals surface area contributed by atoms with Crippen molar-refractivity contribution in [1.29, 1.82) is 0 Å². The highest BCUT2D eigenvalue weighted by molar-refractivity contribution is 9.10. The molecule has 0 spiro atoms. The van der Waals surface area contributed by atoms with Gasteiger partial charge in [0.15, 0.2) is 0 Å². The normalized spacial score (nSPS) is 19.9. The number of carbonyl (C=O) groups excluding carboxylic acids is 3. The van der Waals surface area contributed by atoms with Gasteiger partial charge < -0.3 is 5.32 Å². The molecule has 2 aliphatic rings. The van der Waals surface area contributed by atoms with Crippen LogP contribution in [-0.2, 0) is 20.9 Å².